The van der Waals surface area contributed by atoms with Crippen LogP contribution in [-0.2, 0) is 0 Å². The summed E-state index contributed by atoms with van der Waals surface area (Å²) in [6.07, 6.45) is 0. The Morgan fingerprint density at radius 2 is 1.66 bits per heavy atom. The van der Waals surface area contributed by atoms with Crippen molar-refractivity contribution in [1.82, 2.24) is 9.97 Å². The summed E-state index contributed by atoms with van der Waals surface area (Å²) in [7, 11) is 1.39. The van der Waals surface area contributed by atoms with Crippen LogP contribution in [0.15, 0.2) is 65.5 Å². The van der Waals surface area contributed by atoms with Gasteiger partial charge in [-0.3, -0.25) is 25.0 Å². The van der Waals surface area contributed by atoms with Gasteiger partial charge in [0.2, 0.25) is 5.75 Å². The Labute approximate surface area is 179 Å². The maximum absolute atomic E-state index is 12.4. The minimum absolute atomic E-state index is 0.0951. The van der Waals surface area contributed by atoms with E-state index in [0.29, 0.717) is 16.5 Å². The van der Waals surface area contributed by atoms with E-state index in [9.17, 15) is 25.0 Å². The molecule has 1 N–H and O–H groups in total. The van der Waals surface area contributed by atoms with Gasteiger partial charge in [0.1, 0.15) is 5.82 Å². The van der Waals surface area contributed by atoms with Crippen molar-refractivity contribution in [2.24, 2.45) is 0 Å². The van der Waals surface area contributed by atoms with E-state index >= 15 is 0 Å². The van der Waals surface area contributed by atoms with Crippen LogP contribution in [0.2, 0.25) is 0 Å². The number of hydrogen-bond acceptors (Lipinski definition) is 8. The average Bonchev–Trinajstić information content (AvgIpc) is 2.79. The van der Waals surface area contributed by atoms with E-state index in [2.05, 4.69) is 9.97 Å². The number of ether oxygens (including phenoxy) is 2. The Morgan fingerprint density at radius 1 is 0.906 bits per heavy atom. The molecule has 0 amide bonds. The minimum atomic E-state index is -0.777. The SMILES string of the molecule is COc1ccc(-c2nc3ccccc3c(=O)[nH]2)cc1Oc1ccc([N+](=O)[O-])cc1[N+](=O)[O-]. The molecule has 0 saturated carbocycles. The van der Waals surface area contributed by atoms with Crippen LogP contribution < -0.4 is 15.0 Å². The number of rotatable bonds is 6. The second-order valence-corrected chi connectivity index (χ2v) is 6.57. The summed E-state index contributed by atoms with van der Waals surface area (Å²) in [5, 5.41) is 22.8. The lowest BCUT2D eigenvalue weighted by Gasteiger charge is -2.12. The topological polar surface area (TPSA) is 150 Å². The van der Waals surface area contributed by atoms with E-state index in [4.69, 9.17) is 9.47 Å². The Morgan fingerprint density at radius 3 is 2.38 bits per heavy atom. The molecule has 160 valence electrons. The third kappa shape index (κ3) is 3.81. The summed E-state index contributed by atoms with van der Waals surface area (Å²) in [6, 6.07) is 14.6. The second-order valence-electron chi connectivity index (χ2n) is 6.57. The molecular formula is C21H14N4O7. The molecule has 32 heavy (non-hydrogen) atoms. The molecule has 0 unspecified atom stereocenters. The molecular weight excluding hydrogens is 420 g/mol. The number of nitro groups is 2. The maximum atomic E-state index is 12.4. The Hall–Kier alpha value is -4.80. The Balaban J connectivity index is 1.80. The highest BCUT2D eigenvalue weighted by Crippen LogP contribution is 2.39. The van der Waals surface area contributed by atoms with Crippen molar-refractivity contribution in [3.63, 3.8) is 0 Å². The van der Waals surface area contributed by atoms with Crippen molar-refractivity contribution in [3.8, 4) is 28.6 Å². The second kappa shape index (κ2) is 8.14. The van der Waals surface area contributed by atoms with Crippen LogP contribution in [0.4, 0.5) is 11.4 Å². The van der Waals surface area contributed by atoms with Crippen molar-refractivity contribution >= 4 is 22.3 Å². The minimum Gasteiger partial charge on any atom is -0.493 e. The molecule has 0 fully saturated rings. The van der Waals surface area contributed by atoms with Gasteiger partial charge >= 0.3 is 5.69 Å². The highest BCUT2D eigenvalue weighted by Gasteiger charge is 2.22. The van der Waals surface area contributed by atoms with Gasteiger partial charge in [0.15, 0.2) is 11.5 Å². The first-order chi connectivity index (χ1) is 15.4. The number of methoxy groups -OCH3 is 1. The van der Waals surface area contributed by atoms with E-state index in [-0.39, 0.29) is 28.6 Å². The number of benzene rings is 3. The molecule has 0 aliphatic carbocycles. The number of nitrogens with zero attached hydrogens (tertiary/aromatic N) is 3. The van der Waals surface area contributed by atoms with Gasteiger partial charge in [-0.1, -0.05) is 12.1 Å². The summed E-state index contributed by atoms with van der Waals surface area (Å²) in [5.41, 5.74) is -0.384. The first-order valence-electron chi connectivity index (χ1n) is 9.15. The zero-order chi connectivity index (χ0) is 22.8. The van der Waals surface area contributed by atoms with Crippen LogP contribution in [-0.4, -0.2) is 26.9 Å². The van der Waals surface area contributed by atoms with Crippen LogP contribution in [0.5, 0.6) is 17.2 Å². The summed E-state index contributed by atoms with van der Waals surface area (Å²) < 4.78 is 11.0. The van der Waals surface area contributed by atoms with Gasteiger partial charge in [-0.05, 0) is 36.4 Å². The standard InChI is InChI=1S/C21H14N4O7/c1-31-18-8-6-12(20-22-15-5-3-2-4-14(15)21(26)23-20)10-19(18)32-17-9-7-13(24(27)28)11-16(17)25(29)30/h2-11H,1H3,(H,22,23,26). The average molecular weight is 434 g/mol. The van der Waals surface area contributed by atoms with Crippen molar-refractivity contribution in [2.45, 2.75) is 0 Å². The number of nitrogens with one attached hydrogen (secondary N) is 1. The first kappa shape index (κ1) is 20.5. The molecule has 4 rings (SSSR count). The highest BCUT2D eigenvalue weighted by molar-refractivity contribution is 5.79. The number of fused-ring (bicyclic) bond motifs is 1. The molecule has 0 spiro atoms. The van der Waals surface area contributed by atoms with Crippen LogP contribution in [0, 0.1) is 20.2 Å². The molecule has 0 radical (unpaired) electrons. The van der Waals surface area contributed by atoms with Gasteiger partial charge in [0.05, 0.1) is 33.9 Å². The molecule has 0 aliphatic rings. The summed E-state index contributed by atoms with van der Waals surface area (Å²) >= 11 is 0. The van der Waals surface area contributed by atoms with E-state index in [0.717, 1.165) is 18.2 Å². The van der Waals surface area contributed by atoms with E-state index in [1.54, 1.807) is 36.4 Å². The molecule has 4 aromatic rings. The summed E-state index contributed by atoms with van der Waals surface area (Å²) in [4.78, 5) is 40.4. The highest BCUT2D eigenvalue weighted by atomic mass is 16.6. The normalized spacial score (nSPS) is 10.7. The van der Waals surface area contributed by atoms with Gasteiger partial charge in [-0.15, -0.1) is 0 Å². The van der Waals surface area contributed by atoms with Crippen LogP contribution in [0.3, 0.4) is 0 Å². The number of hydrogen-bond donors (Lipinski definition) is 1. The number of H-pyrrole nitrogens is 1. The fourth-order valence-corrected chi connectivity index (χ4v) is 3.09. The quantitative estimate of drug-likeness (QED) is 0.350. The molecule has 1 heterocycles. The molecule has 0 saturated heterocycles. The lowest BCUT2D eigenvalue weighted by Crippen LogP contribution is -2.09. The van der Waals surface area contributed by atoms with Crippen LogP contribution >= 0.6 is 0 Å². The maximum Gasteiger partial charge on any atom is 0.318 e. The van der Waals surface area contributed by atoms with Crippen LogP contribution in [0.25, 0.3) is 22.3 Å². The molecule has 0 atom stereocenters. The number of para-hydroxylation sites is 1. The van der Waals surface area contributed by atoms with Gasteiger partial charge in [-0.25, -0.2) is 4.98 Å². The summed E-state index contributed by atoms with van der Waals surface area (Å²) in [6.45, 7) is 0. The molecule has 1 aromatic heterocycles. The zero-order valence-electron chi connectivity index (χ0n) is 16.5. The number of non-ortho nitro benzene ring substituents is 1. The lowest BCUT2D eigenvalue weighted by molar-refractivity contribution is -0.394. The summed E-state index contributed by atoms with van der Waals surface area (Å²) in [5.74, 6) is 0.401. The molecule has 0 bridgehead atoms. The van der Waals surface area contributed by atoms with Gasteiger partial charge in [0, 0.05) is 11.6 Å². The van der Waals surface area contributed by atoms with Crippen LogP contribution in [0.1, 0.15) is 0 Å². The van der Waals surface area contributed by atoms with Gasteiger partial charge < -0.3 is 14.5 Å². The third-order valence-electron chi connectivity index (χ3n) is 4.62. The van der Waals surface area contributed by atoms with E-state index in [1.807, 2.05) is 0 Å². The van der Waals surface area contributed by atoms with E-state index < -0.39 is 21.2 Å². The van der Waals surface area contributed by atoms with E-state index in [1.165, 1.54) is 13.2 Å². The molecule has 11 heteroatoms. The predicted molar refractivity (Wildman–Crippen MR) is 114 cm³/mol. The van der Waals surface area contributed by atoms with Crippen molar-refractivity contribution in [1.29, 1.82) is 0 Å². The van der Waals surface area contributed by atoms with Crippen molar-refractivity contribution in [2.75, 3.05) is 7.11 Å². The molecule has 0 aliphatic heterocycles. The predicted octanol–water partition coefficient (Wildman–Crippen LogP) is 4.21. The first-order valence-corrected chi connectivity index (χ1v) is 9.15. The monoisotopic (exact) mass is 434 g/mol. The van der Waals surface area contributed by atoms with Gasteiger partial charge in [-0.2, -0.15) is 0 Å². The van der Waals surface area contributed by atoms with Gasteiger partial charge in [0.25, 0.3) is 11.2 Å². The lowest BCUT2D eigenvalue weighted by atomic mass is 10.1. The fraction of sp³-hybridized carbons (Fsp3) is 0.0476. The molecule has 3 aromatic carbocycles. The number of nitro benzene ring substituents is 2. The largest absolute Gasteiger partial charge is 0.493 e. The molecule has 11 nitrogen and oxygen atoms in total. The van der Waals surface area contributed by atoms with Crippen molar-refractivity contribution in [3.05, 3.63) is 91.2 Å². The Kier molecular flexibility index (Phi) is 5.21. The zero-order valence-corrected chi connectivity index (χ0v) is 16.5. The number of aromatic amines is 1. The number of aromatic nitrogens is 2. The smallest absolute Gasteiger partial charge is 0.318 e. The van der Waals surface area contributed by atoms with Crippen molar-refractivity contribution < 1.29 is 19.3 Å². The Bertz CT molecular complexity index is 1430. The third-order valence-corrected chi connectivity index (χ3v) is 4.62. The fourth-order valence-electron chi connectivity index (χ4n) is 3.09.